The van der Waals surface area contributed by atoms with E-state index in [1.807, 2.05) is 5.38 Å². The molecule has 0 aliphatic heterocycles. The molecule has 1 aromatic heterocycles. The lowest BCUT2D eigenvalue weighted by Crippen LogP contribution is -2.29. The molecule has 1 aromatic rings. The molecule has 4 nitrogen and oxygen atoms in total. The van der Waals surface area contributed by atoms with Crippen LogP contribution in [0.2, 0.25) is 0 Å². The Kier molecular flexibility index (Phi) is 4.30. The van der Waals surface area contributed by atoms with Gasteiger partial charge in [0.2, 0.25) is 10.0 Å². The summed E-state index contributed by atoms with van der Waals surface area (Å²) in [5.41, 5.74) is 1.02. The summed E-state index contributed by atoms with van der Waals surface area (Å²) in [6.07, 6.45) is 0. The highest BCUT2D eigenvalue weighted by molar-refractivity contribution is 7.91. The molecule has 1 fully saturated rings. The van der Waals surface area contributed by atoms with Gasteiger partial charge in [-0.2, -0.15) is 0 Å². The van der Waals surface area contributed by atoms with Gasteiger partial charge in [0.05, 0.1) is 0 Å². The second kappa shape index (κ2) is 5.33. The Labute approximate surface area is 132 Å². The zero-order chi connectivity index (χ0) is 16.1. The molecule has 0 spiro atoms. The number of hydrogen-bond acceptors (Lipinski definition) is 4. The molecule has 0 unspecified atom stereocenters. The van der Waals surface area contributed by atoms with E-state index in [9.17, 15) is 8.42 Å². The predicted molar refractivity (Wildman–Crippen MR) is 88.0 cm³/mol. The molecule has 1 heterocycles. The third-order valence-electron chi connectivity index (χ3n) is 4.90. The topological polar surface area (TPSA) is 58.2 Å². The van der Waals surface area contributed by atoms with Crippen LogP contribution in [0.15, 0.2) is 15.7 Å². The minimum absolute atomic E-state index is 0.000637. The van der Waals surface area contributed by atoms with E-state index in [4.69, 9.17) is 0 Å². The van der Waals surface area contributed by atoms with Gasteiger partial charge >= 0.3 is 0 Å². The Morgan fingerprint density at radius 1 is 1.24 bits per heavy atom. The highest BCUT2D eigenvalue weighted by Crippen LogP contribution is 2.63. The van der Waals surface area contributed by atoms with Crippen LogP contribution in [-0.2, 0) is 16.6 Å². The molecule has 1 saturated carbocycles. The van der Waals surface area contributed by atoms with E-state index in [-0.39, 0.29) is 16.9 Å². The van der Waals surface area contributed by atoms with Crippen molar-refractivity contribution in [3.05, 3.63) is 17.0 Å². The van der Waals surface area contributed by atoms with E-state index in [0.717, 1.165) is 5.56 Å². The van der Waals surface area contributed by atoms with Crippen LogP contribution in [0.4, 0.5) is 0 Å². The van der Waals surface area contributed by atoms with Crippen molar-refractivity contribution in [2.24, 2.45) is 10.8 Å². The van der Waals surface area contributed by atoms with Crippen molar-refractivity contribution in [2.45, 2.75) is 64.4 Å². The highest BCUT2D eigenvalue weighted by Gasteiger charge is 2.66. The normalized spacial score (nSPS) is 20.9. The third kappa shape index (κ3) is 3.18. The summed E-state index contributed by atoms with van der Waals surface area (Å²) in [5, 5.41) is 5.21. The molecule has 21 heavy (non-hydrogen) atoms. The Morgan fingerprint density at radius 3 is 2.29 bits per heavy atom. The molecule has 0 saturated heterocycles. The predicted octanol–water partition coefficient (Wildman–Crippen LogP) is 2.96. The first-order chi connectivity index (χ1) is 9.48. The van der Waals surface area contributed by atoms with Gasteiger partial charge < -0.3 is 5.32 Å². The zero-order valence-electron chi connectivity index (χ0n) is 13.6. The minimum Gasteiger partial charge on any atom is -0.310 e. The van der Waals surface area contributed by atoms with Crippen LogP contribution in [-0.4, -0.2) is 20.5 Å². The smallest absolute Gasteiger partial charge is 0.250 e. The average Bonchev–Trinajstić information content (AvgIpc) is 2.77. The Hall–Kier alpha value is -0.430. The number of rotatable bonds is 6. The molecular weight excluding hydrogens is 304 g/mol. The van der Waals surface area contributed by atoms with Crippen molar-refractivity contribution in [3.63, 3.8) is 0 Å². The van der Waals surface area contributed by atoms with Gasteiger partial charge in [-0.05, 0) is 27.8 Å². The van der Waals surface area contributed by atoms with Gasteiger partial charge in [0.25, 0.3) is 0 Å². The second-order valence-electron chi connectivity index (χ2n) is 7.31. The summed E-state index contributed by atoms with van der Waals surface area (Å²) in [5.74, 6) is 0. The number of hydrogen-bond donors (Lipinski definition) is 2. The summed E-state index contributed by atoms with van der Waals surface area (Å²) in [7, 11) is -3.42. The van der Waals surface area contributed by atoms with Gasteiger partial charge in [0.1, 0.15) is 4.21 Å². The van der Waals surface area contributed by atoms with Crippen LogP contribution in [0, 0.1) is 10.8 Å². The molecule has 0 radical (unpaired) electrons. The maximum atomic E-state index is 12.5. The van der Waals surface area contributed by atoms with Gasteiger partial charge in [0.15, 0.2) is 0 Å². The number of nitrogens with one attached hydrogen (secondary N) is 2. The summed E-state index contributed by atoms with van der Waals surface area (Å²) in [4.78, 5) is 0. The summed E-state index contributed by atoms with van der Waals surface area (Å²) >= 11 is 1.29. The lowest BCUT2D eigenvalue weighted by Gasteiger charge is -2.07. The van der Waals surface area contributed by atoms with Crippen LogP contribution in [0.5, 0.6) is 0 Å². The van der Waals surface area contributed by atoms with Crippen molar-refractivity contribution in [2.75, 3.05) is 0 Å². The van der Waals surface area contributed by atoms with Crippen molar-refractivity contribution < 1.29 is 8.42 Å². The molecule has 0 atom stereocenters. The first kappa shape index (κ1) is 16.9. The highest BCUT2D eigenvalue weighted by atomic mass is 32.2. The van der Waals surface area contributed by atoms with Gasteiger partial charge in [-0.25, -0.2) is 13.1 Å². The van der Waals surface area contributed by atoms with Crippen molar-refractivity contribution in [1.82, 2.24) is 10.0 Å². The van der Waals surface area contributed by atoms with Crippen LogP contribution in [0.3, 0.4) is 0 Å². The molecule has 120 valence electrons. The fraction of sp³-hybridized carbons (Fsp3) is 0.733. The molecule has 1 aliphatic carbocycles. The zero-order valence-corrected chi connectivity index (χ0v) is 15.3. The maximum Gasteiger partial charge on any atom is 0.250 e. The van der Waals surface area contributed by atoms with E-state index in [0.29, 0.717) is 16.8 Å². The monoisotopic (exact) mass is 330 g/mol. The molecule has 0 bridgehead atoms. The average molecular weight is 331 g/mol. The summed E-state index contributed by atoms with van der Waals surface area (Å²) < 4.78 is 28.2. The van der Waals surface area contributed by atoms with Crippen LogP contribution in [0.1, 0.15) is 47.1 Å². The van der Waals surface area contributed by atoms with Crippen LogP contribution < -0.4 is 10.0 Å². The molecular formula is C15H26N2O2S2. The molecule has 0 aromatic carbocycles. The summed E-state index contributed by atoms with van der Waals surface area (Å²) in [6.45, 7) is 13.3. The molecule has 1 aliphatic rings. The molecule has 2 N–H and O–H groups in total. The van der Waals surface area contributed by atoms with E-state index in [1.165, 1.54) is 11.3 Å². The minimum atomic E-state index is -3.42. The van der Waals surface area contributed by atoms with Gasteiger partial charge in [0, 0.05) is 18.6 Å². The Bertz CT molecular complexity index is 601. The molecule has 6 heteroatoms. The lowest BCUT2D eigenvalue weighted by molar-refractivity contribution is 0.457. The van der Waals surface area contributed by atoms with Crippen LogP contribution >= 0.6 is 11.3 Å². The van der Waals surface area contributed by atoms with E-state index in [1.54, 1.807) is 6.07 Å². The van der Waals surface area contributed by atoms with Crippen molar-refractivity contribution >= 4 is 21.4 Å². The quantitative estimate of drug-likeness (QED) is 0.843. The summed E-state index contributed by atoms with van der Waals surface area (Å²) in [6, 6.07) is 2.15. The fourth-order valence-electron chi connectivity index (χ4n) is 2.61. The fourth-order valence-corrected chi connectivity index (χ4v) is 5.37. The van der Waals surface area contributed by atoms with Crippen LogP contribution in [0.25, 0.3) is 0 Å². The number of thiophene rings is 1. The Balaban J connectivity index is 2.08. The second-order valence-corrected chi connectivity index (χ2v) is 10.2. The van der Waals surface area contributed by atoms with Gasteiger partial charge in [-0.15, -0.1) is 11.3 Å². The Morgan fingerprint density at radius 2 is 1.81 bits per heavy atom. The van der Waals surface area contributed by atoms with Crippen molar-refractivity contribution in [3.8, 4) is 0 Å². The first-order valence-corrected chi connectivity index (χ1v) is 9.68. The molecule has 0 amide bonds. The van der Waals surface area contributed by atoms with E-state index < -0.39 is 10.0 Å². The van der Waals surface area contributed by atoms with E-state index in [2.05, 4.69) is 51.6 Å². The first-order valence-electron chi connectivity index (χ1n) is 7.31. The standard InChI is InChI=1S/C15H26N2O2S2/c1-10(2)16-8-11-7-12(20-9-11)21(18,19)17-13-14(3,4)15(13,5)6/h7,9-10,13,16-17H,8H2,1-6H3. The van der Waals surface area contributed by atoms with Gasteiger partial charge in [-0.1, -0.05) is 41.5 Å². The van der Waals surface area contributed by atoms with Crippen molar-refractivity contribution in [1.29, 1.82) is 0 Å². The maximum absolute atomic E-state index is 12.5. The van der Waals surface area contributed by atoms with Gasteiger partial charge in [-0.3, -0.25) is 0 Å². The largest absolute Gasteiger partial charge is 0.310 e. The van der Waals surface area contributed by atoms with E-state index >= 15 is 0 Å². The number of sulfonamides is 1. The molecule has 2 rings (SSSR count). The third-order valence-corrected chi connectivity index (χ3v) is 7.81. The lowest BCUT2D eigenvalue weighted by atomic mass is 10.0. The SMILES string of the molecule is CC(C)NCc1csc(S(=O)(=O)NC2C(C)(C)C2(C)C)c1.